The summed E-state index contributed by atoms with van der Waals surface area (Å²) in [6, 6.07) is 6.73. The Morgan fingerprint density at radius 2 is 1.74 bits per heavy atom. The Hall–Kier alpha value is -2.00. The van der Waals surface area contributed by atoms with Crippen molar-refractivity contribution in [2.24, 2.45) is 0 Å². The molecule has 0 heterocycles. The summed E-state index contributed by atoms with van der Waals surface area (Å²) in [6.45, 7) is 0. The fraction of sp³-hybridized carbons (Fsp3) is 0.0714. The van der Waals surface area contributed by atoms with Gasteiger partial charge in [0.25, 0.3) is 10.0 Å². The van der Waals surface area contributed by atoms with Crippen LogP contribution >= 0.6 is 15.9 Å². The van der Waals surface area contributed by atoms with E-state index in [9.17, 15) is 22.0 Å². The van der Waals surface area contributed by atoms with Crippen LogP contribution in [0, 0.1) is 11.6 Å². The van der Waals surface area contributed by atoms with Crippen molar-refractivity contribution in [2.75, 3.05) is 11.8 Å². The van der Waals surface area contributed by atoms with Gasteiger partial charge in [-0.1, -0.05) is 15.9 Å². The molecule has 2 aromatic carbocycles. The van der Waals surface area contributed by atoms with E-state index in [1.807, 2.05) is 4.72 Å². The van der Waals surface area contributed by atoms with Crippen molar-refractivity contribution in [3.05, 3.63) is 58.1 Å². The molecule has 0 aliphatic rings. The van der Waals surface area contributed by atoms with Crippen molar-refractivity contribution in [1.82, 2.24) is 0 Å². The van der Waals surface area contributed by atoms with Crippen LogP contribution in [0.5, 0.6) is 0 Å². The Labute approximate surface area is 139 Å². The van der Waals surface area contributed by atoms with Crippen molar-refractivity contribution in [3.63, 3.8) is 0 Å². The standard InChI is InChI=1S/C14H10BrF2NO4S/c1-22-14(19)10-6-12(17)13(7-11(10)16)18-23(20,21)9-4-2-8(15)3-5-9/h2-7,18H,1H3. The maximum atomic E-state index is 13.9. The highest BCUT2D eigenvalue weighted by Gasteiger charge is 2.20. The number of sulfonamides is 1. The van der Waals surface area contributed by atoms with Gasteiger partial charge in [0.1, 0.15) is 11.6 Å². The number of ether oxygens (including phenoxy) is 1. The topological polar surface area (TPSA) is 72.5 Å². The second kappa shape index (κ2) is 6.63. The lowest BCUT2D eigenvalue weighted by Crippen LogP contribution is -2.15. The predicted molar refractivity (Wildman–Crippen MR) is 82.6 cm³/mol. The van der Waals surface area contributed by atoms with Gasteiger partial charge in [0.2, 0.25) is 0 Å². The van der Waals surface area contributed by atoms with E-state index in [4.69, 9.17) is 0 Å². The van der Waals surface area contributed by atoms with Crippen molar-refractivity contribution in [3.8, 4) is 0 Å². The maximum Gasteiger partial charge on any atom is 0.340 e. The molecule has 0 aliphatic heterocycles. The number of hydrogen-bond acceptors (Lipinski definition) is 4. The number of methoxy groups -OCH3 is 1. The minimum atomic E-state index is -4.10. The highest BCUT2D eigenvalue weighted by molar-refractivity contribution is 9.10. The van der Waals surface area contributed by atoms with Crippen LogP contribution in [0.1, 0.15) is 10.4 Å². The van der Waals surface area contributed by atoms with E-state index in [1.54, 1.807) is 0 Å². The molecule has 122 valence electrons. The molecular weight excluding hydrogens is 396 g/mol. The fourth-order valence-corrected chi connectivity index (χ4v) is 3.03. The molecule has 2 aromatic rings. The molecule has 0 atom stereocenters. The Balaban J connectivity index is 2.38. The first-order valence-corrected chi connectivity index (χ1v) is 8.38. The van der Waals surface area contributed by atoms with Crippen molar-refractivity contribution in [2.45, 2.75) is 4.90 Å². The molecule has 0 aromatic heterocycles. The summed E-state index contributed by atoms with van der Waals surface area (Å²) in [5.41, 5.74) is -1.24. The zero-order valence-electron chi connectivity index (χ0n) is 11.6. The van der Waals surface area contributed by atoms with Crippen molar-refractivity contribution < 1.29 is 26.7 Å². The molecule has 0 fully saturated rings. The summed E-state index contributed by atoms with van der Waals surface area (Å²) in [7, 11) is -3.08. The minimum absolute atomic E-state index is 0.127. The molecule has 0 unspecified atom stereocenters. The number of rotatable bonds is 4. The third-order valence-electron chi connectivity index (χ3n) is 2.83. The van der Waals surface area contributed by atoms with Crippen LogP contribution in [0.15, 0.2) is 45.8 Å². The van der Waals surface area contributed by atoms with Gasteiger partial charge in [-0.15, -0.1) is 0 Å². The van der Waals surface area contributed by atoms with Crippen LogP contribution in [-0.4, -0.2) is 21.5 Å². The zero-order valence-corrected chi connectivity index (χ0v) is 14.0. The molecule has 2 rings (SSSR count). The Bertz CT molecular complexity index is 854. The molecule has 0 aliphatic carbocycles. The van der Waals surface area contributed by atoms with E-state index < -0.39 is 38.9 Å². The summed E-state index contributed by atoms with van der Waals surface area (Å²) < 4.78 is 58.9. The first-order chi connectivity index (χ1) is 10.7. The lowest BCUT2D eigenvalue weighted by atomic mass is 10.2. The molecule has 0 amide bonds. The first-order valence-electron chi connectivity index (χ1n) is 6.10. The first kappa shape index (κ1) is 17.4. The van der Waals surface area contributed by atoms with E-state index in [0.29, 0.717) is 16.6 Å². The van der Waals surface area contributed by atoms with Crippen molar-refractivity contribution >= 4 is 37.6 Å². The van der Waals surface area contributed by atoms with E-state index >= 15 is 0 Å². The molecule has 0 saturated heterocycles. The number of hydrogen-bond donors (Lipinski definition) is 1. The number of nitrogens with one attached hydrogen (secondary N) is 1. The number of carbonyl (C=O) groups excluding carboxylic acids is 1. The third kappa shape index (κ3) is 3.85. The smallest absolute Gasteiger partial charge is 0.340 e. The van der Waals surface area contributed by atoms with Gasteiger partial charge in [-0.3, -0.25) is 4.72 Å². The normalized spacial score (nSPS) is 11.1. The SMILES string of the molecule is COC(=O)c1cc(F)c(NS(=O)(=O)c2ccc(Br)cc2)cc1F. The quantitative estimate of drug-likeness (QED) is 0.791. The van der Waals surface area contributed by atoms with E-state index in [1.165, 1.54) is 24.3 Å². The highest BCUT2D eigenvalue weighted by Crippen LogP contribution is 2.24. The zero-order chi connectivity index (χ0) is 17.2. The van der Waals surface area contributed by atoms with Crippen LogP contribution < -0.4 is 4.72 Å². The number of halogens is 3. The van der Waals surface area contributed by atoms with Crippen molar-refractivity contribution in [1.29, 1.82) is 0 Å². The van der Waals surface area contributed by atoms with Gasteiger partial charge < -0.3 is 4.74 Å². The molecule has 0 radical (unpaired) electrons. The summed E-state index contributed by atoms with van der Waals surface area (Å²) in [5, 5.41) is 0. The monoisotopic (exact) mass is 405 g/mol. The second-order valence-electron chi connectivity index (χ2n) is 4.36. The molecule has 0 saturated carbocycles. The summed E-state index contributed by atoms with van der Waals surface area (Å²) in [5.74, 6) is -3.28. The van der Waals surface area contributed by atoms with Gasteiger partial charge in [0.05, 0.1) is 23.3 Å². The number of carbonyl (C=O) groups is 1. The van der Waals surface area contributed by atoms with E-state index in [0.717, 1.165) is 7.11 Å². The fourth-order valence-electron chi connectivity index (χ4n) is 1.71. The second-order valence-corrected chi connectivity index (χ2v) is 6.96. The molecule has 23 heavy (non-hydrogen) atoms. The molecule has 0 bridgehead atoms. The molecular formula is C14H10BrF2NO4S. The molecule has 0 spiro atoms. The molecule has 9 heteroatoms. The van der Waals surface area contributed by atoms with Gasteiger partial charge in [-0.05, 0) is 30.3 Å². The molecule has 5 nitrogen and oxygen atoms in total. The van der Waals surface area contributed by atoms with Crippen LogP contribution in [0.25, 0.3) is 0 Å². The van der Waals surface area contributed by atoms with Crippen LogP contribution in [0.3, 0.4) is 0 Å². The number of esters is 1. The third-order valence-corrected chi connectivity index (χ3v) is 4.74. The minimum Gasteiger partial charge on any atom is -0.465 e. The summed E-state index contributed by atoms with van der Waals surface area (Å²) in [4.78, 5) is 11.1. The Morgan fingerprint density at radius 1 is 1.13 bits per heavy atom. The average molecular weight is 406 g/mol. The van der Waals surface area contributed by atoms with Crippen LogP contribution in [-0.2, 0) is 14.8 Å². The van der Waals surface area contributed by atoms with Gasteiger partial charge in [0.15, 0.2) is 0 Å². The van der Waals surface area contributed by atoms with Gasteiger partial charge >= 0.3 is 5.97 Å². The highest BCUT2D eigenvalue weighted by atomic mass is 79.9. The predicted octanol–water partition coefficient (Wildman–Crippen LogP) is 3.31. The van der Waals surface area contributed by atoms with E-state index in [2.05, 4.69) is 20.7 Å². The Morgan fingerprint density at radius 3 is 2.30 bits per heavy atom. The number of anilines is 1. The number of benzene rings is 2. The van der Waals surface area contributed by atoms with Gasteiger partial charge in [-0.2, -0.15) is 0 Å². The van der Waals surface area contributed by atoms with E-state index in [-0.39, 0.29) is 4.90 Å². The lowest BCUT2D eigenvalue weighted by Gasteiger charge is -2.10. The van der Waals surface area contributed by atoms with Crippen LogP contribution in [0.4, 0.5) is 14.5 Å². The van der Waals surface area contributed by atoms with Gasteiger partial charge in [0, 0.05) is 10.5 Å². The molecule has 1 N–H and O–H groups in total. The maximum absolute atomic E-state index is 13.9. The summed E-state index contributed by atoms with van der Waals surface area (Å²) >= 11 is 3.16. The lowest BCUT2D eigenvalue weighted by molar-refractivity contribution is 0.0595. The largest absolute Gasteiger partial charge is 0.465 e. The van der Waals surface area contributed by atoms with Crippen LogP contribution in [0.2, 0.25) is 0 Å². The average Bonchev–Trinajstić information content (AvgIpc) is 2.50. The summed E-state index contributed by atoms with van der Waals surface area (Å²) in [6.07, 6.45) is 0. The van der Waals surface area contributed by atoms with Gasteiger partial charge in [-0.25, -0.2) is 22.0 Å². The Kier molecular flexibility index (Phi) is 5.00.